The molecule has 1 aromatic carbocycles. The van der Waals surface area contributed by atoms with Gasteiger partial charge in [0, 0.05) is 36.6 Å². The van der Waals surface area contributed by atoms with Gasteiger partial charge in [-0.1, -0.05) is 44.9 Å². The van der Waals surface area contributed by atoms with Gasteiger partial charge in [-0.2, -0.15) is 5.10 Å². The van der Waals surface area contributed by atoms with Crippen molar-refractivity contribution in [2.45, 2.75) is 58.0 Å². The lowest BCUT2D eigenvalue weighted by atomic mass is 9.83. The van der Waals surface area contributed by atoms with Crippen LogP contribution >= 0.6 is 0 Å². The molecule has 0 saturated heterocycles. The average Bonchev–Trinajstić information content (AvgIpc) is 3.45. The molecule has 0 radical (unpaired) electrons. The number of benzene rings is 1. The van der Waals surface area contributed by atoms with Crippen LogP contribution in [0.4, 0.5) is 5.82 Å². The Labute approximate surface area is 200 Å². The van der Waals surface area contributed by atoms with Gasteiger partial charge in [0.25, 0.3) is 5.91 Å². The standard InChI is InChI=1S/C26H36N6O2/c1-17(2)14-19(16-27-24-12-13-28-31-24)29-25(33)20-9-5-6-10-21(20)30-26(34)23-15-18-8-4-7-11-22(18)32(23)3/h4,7-8,11-13,15,17,19-21H,5-6,9-10,14,16H2,1-3H3,(H,29,33)(H,30,34)(H2,27,28,31)/t19?,20-,21+/m1/s1. The third kappa shape index (κ3) is 5.61. The maximum absolute atomic E-state index is 13.4. The van der Waals surface area contributed by atoms with Crippen LogP contribution in [0.1, 0.15) is 56.4 Å². The first kappa shape index (κ1) is 23.9. The molecule has 0 bridgehead atoms. The van der Waals surface area contributed by atoms with Gasteiger partial charge in [0.15, 0.2) is 0 Å². The van der Waals surface area contributed by atoms with Crippen LogP contribution in [0.5, 0.6) is 0 Å². The zero-order chi connectivity index (χ0) is 24.1. The van der Waals surface area contributed by atoms with E-state index in [1.807, 2.05) is 48.0 Å². The van der Waals surface area contributed by atoms with E-state index in [0.29, 0.717) is 18.2 Å². The van der Waals surface area contributed by atoms with Gasteiger partial charge in [-0.3, -0.25) is 14.7 Å². The minimum Gasteiger partial charge on any atom is -0.368 e. The number of aromatic amines is 1. The highest BCUT2D eigenvalue weighted by Crippen LogP contribution is 2.26. The number of amides is 2. The lowest BCUT2D eigenvalue weighted by Crippen LogP contribution is -2.51. The molecule has 1 aliphatic carbocycles. The van der Waals surface area contributed by atoms with E-state index in [1.165, 1.54) is 0 Å². The SMILES string of the molecule is CC(C)CC(CNc1ccn[nH]1)NC(=O)[C@@H]1CCCC[C@@H]1NC(=O)c1cc2ccccc2n1C. The molecule has 3 aromatic rings. The predicted octanol–water partition coefficient (Wildman–Crippen LogP) is 3.83. The molecule has 0 aliphatic heterocycles. The van der Waals surface area contributed by atoms with Crippen LogP contribution in [0.2, 0.25) is 0 Å². The second kappa shape index (κ2) is 10.8. The second-order valence-corrected chi connectivity index (χ2v) is 9.80. The number of hydrogen-bond acceptors (Lipinski definition) is 4. The van der Waals surface area contributed by atoms with E-state index in [2.05, 4.69) is 40.0 Å². The van der Waals surface area contributed by atoms with Gasteiger partial charge >= 0.3 is 0 Å². The molecular formula is C26H36N6O2. The van der Waals surface area contributed by atoms with Crippen molar-refractivity contribution in [3.05, 3.63) is 48.3 Å². The quantitative estimate of drug-likeness (QED) is 0.386. The van der Waals surface area contributed by atoms with E-state index in [4.69, 9.17) is 0 Å². The second-order valence-electron chi connectivity index (χ2n) is 9.80. The van der Waals surface area contributed by atoms with E-state index in [1.54, 1.807) is 6.20 Å². The molecule has 1 unspecified atom stereocenters. The van der Waals surface area contributed by atoms with Gasteiger partial charge in [0.1, 0.15) is 11.5 Å². The molecule has 3 atom stereocenters. The number of anilines is 1. The van der Waals surface area contributed by atoms with Crippen molar-refractivity contribution in [1.82, 2.24) is 25.4 Å². The number of nitrogens with one attached hydrogen (secondary N) is 4. The lowest BCUT2D eigenvalue weighted by Gasteiger charge is -2.33. The molecule has 4 rings (SSSR count). The summed E-state index contributed by atoms with van der Waals surface area (Å²) < 4.78 is 1.92. The van der Waals surface area contributed by atoms with Crippen molar-refractivity contribution in [1.29, 1.82) is 0 Å². The molecule has 34 heavy (non-hydrogen) atoms. The number of H-pyrrole nitrogens is 1. The zero-order valence-corrected chi connectivity index (χ0v) is 20.3. The number of fused-ring (bicyclic) bond motifs is 1. The molecule has 2 aromatic heterocycles. The molecule has 182 valence electrons. The van der Waals surface area contributed by atoms with Crippen LogP contribution < -0.4 is 16.0 Å². The van der Waals surface area contributed by atoms with Gasteiger partial charge in [-0.25, -0.2) is 0 Å². The molecule has 8 nitrogen and oxygen atoms in total. The Morgan fingerprint density at radius 2 is 1.97 bits per heavy atom. The van der Waals surface area contributed by atoms with Crippen molar-refractivity contribution < 1.29 is 9.59 Å². The smallest absolute Gasteiger partial charge is 0.268 e. The Balaban J connectivity index is 1.42. The van der Waals surface area contributed by atoms with Crippen LogP contribution in [-0.2, 0) is 11.8 Å². The summed E-state index contributed by atoms with van der Waals surface area (Å²) >= 11 is 0. The molecule has 1 saturated carbocycles. The molecule has 2 amide bonds. The largest absolute Gasteiger partial charge is 0.368 e. The summed E-state index contributed by atoms with van der Waals surface area (Å²) in [6.45, 7) is 4.93. The fraction of sp³-hybridized carbons (Fsp3) is 0.500. The molecule has 0 spiro atoms. The normalized spacial score (nSPS) is 19.2. The molecule has 1 aliphatic rings. The van der Waals surface area contributed by atoms with Crippen molar-refractivity contribution in [2.24, 2.45) is 18.9 Å². The zero-order valence-electron chi connectivity index (χ0n) is 20.3. The third-order valence-electron chi connectivity index (χ3n) is 6.75. The van der Waals surface area contributed by atoms with E-state index < -0.39 is 0 Å². The van der Waals surface area contributed by atoms with Gasteiger partial charge in [-0.05, 0) is 43.4 Å². The van der Waals surface area contributed by atoms with Crippen LogP contribution in [-0.4, -0.2) is 45.2 Å². The van der Waals surface area contributed by atoms with E-state index in [9.17, 15) is 9.59 Å². The molecule has 8 heteroatoms. The summed E-state index contributed by atoms with van der Waals surface area (Å²) in [4.78, 5) is 26.6. The number of aromatic nitrogens is 3. The maximum atomic E-state index is 13.4. The topological polar surface area (TPSA) is 104 Å². The van der Waals surface area contributed by atoms with Crippen molar-refractivity contribution >= 4 is 28.5 Å². The summed E-state index contributed by atoms with van der Waals surface area (Å²) in [5.74, 6) is 0.958. The first-order chi connectivity index (χ1) is 16.4. The minimum atomic E-state index is -0.228. The van der Waals surface area contributed by atoms with Crippen LogP contribution in [0.3, 0.4) is 0 Å². The number of aryl methyl sites for hydroxylation is 1. The average molecular weight is 465 g/mol. The number of nitrogens with zero attached hydrogens (tertiary/aromatic N) is 2. The Kier molecular flexibility index (Phi) is 7.55. The van der Waals surface area contributed by atoms with E-state index in [-0.39, 0.29) is 29.8 Å². The van der Waals surface area contributed by atoms with E-state index in [0.717, 1.165) is 48.8 Å². The van der Waals surface area contributed by atoms with E-state index >= 15 is 0 Å². The first-order valence-corrected chi connectivity index (χ1v) is 12.3. The monoisotopic (exact) mass is 464 g/mol. The van der Waals surface area contributed by atoms with Gasteiger partial charge < -0.3 is 20.5 Å². The third-order valence-corrected chi connectivity index (χ3v) is 6.75. The summed E-state index contributed by atoms with van der Waals surface area (Å²) in [5.41, 5.74) is 1.64. The number of rotatable bonds is 9. The van der Waals surface area contributed by atoms with Gasteiger partial charge in [0.2, 0.25) is 5.91 Å². The summed E-state index contributed by atoms with van der Waals surface area (Å²) in [6, 6.07) is 11.6. The number of carbonyl (C=O) groups excluding carboxylic acids is 2. The minimum absolute atomic E-state index is 0.00718. The number of carbonyl (C=O) groups is 2. The lowest BCUT2D eigenvalue weighted by molar-refractivity contribution is -0.127. The van der Waals surface area contributed by atoms with Crippen molar-refractivity contribution in [2.75, 3.05) is 11.9 Å². The summed E-state index contributed by atoms with van der Waals surface area (Å²) in [6.07, 6.45) is 6.18. The molecule has 4 N–H and O–H groups in total. The van der Waals surface area contributed by atoms with Gasteiger partial charge in [0.05, 0.1) is 12.1 Å². The molecule has 1 fully saturated rings. The summed E-state index contributed by atoms with van der Waals surface area (Å²) in [7, 11) is 1.91. The predicted molar refractivity (Wildman–Crippen MR) is 135 cm³/mol. The van der Waals surface area contributed by atoms with Gasteiger partial charge in [-0.15, -0.1) is 0 Å². The highest BCUT2D eigenvalue weighted by molar-refractivity contribution is 5.99. The Morgan fingerprint density at radius 1 is 1.18 bits per heavy atom. The van der Waals surface area contributed by atoms with Crippen LogP contribution in [0.25, 0.3) is 10.9 Å². The van der Waals surface area contributed by atoms with Crippen LogP contribution in [0, 0.1) is 11.8 Å². The summed E-state index contributed by atoms with van der Waals surface area (Å²) in [5, 5.41) is 17.7. The van der Waals surface area contributed by atoms with Crippen LogP contribution in [0.15, 0.2) is 42.6 Å². The molecular weight excluding hydrogens is 428 g/mol. The molecule has 2 heterocycles. The maximum Gasteiger partial charge on any atom is 0.268 e. The fourth-order valence-corrected chi connectivity index (χ4v) is 5.02. The Bertz CT molecular complexity index is 1100. The highest BCUT2D eigenvalue weighted by atomic mass is 16.2. The van der Waals surface area contributed by atoms with Crippen molar-refractivity contribution in [3.63, 3.8) is 0 Å². The number of para-hydroxylation sites is 1. The fourth-order valence-electron chi connectivity index (χ4n) is 5.02. The number of hydrogen-bond donors (Lipinski definition) is 4. The highest BCUT2D eigenvalue weighted by Gasteiger charge is 2.33. The Morgan fingerprint density at radius 3 is 2.71 bits per heavy atom. The Hall–Kier alpha value is -3.29. The van der Waals surface area contributed by atoms with Crippen molar-refractivity contribution in [3.8, 4) is 0 Å². The first-order valence-electron chi connectivity index (χ1n) is 12.3.